The predicted octanol–water partition coefficient (Wildman–Crippen LogP) is 4.64. The van der Waals surface area contributed by atoms with Crippen molar-refractivity contribution < 1.29 is 9.53 Å². The van der Waals surface area contributed by atoms with Gasteiger partial charge in [-0.25, -0.2) is 4.98 Å². The predicted molar refractivity (Wildman–Crippen MR) is 136 cm³/mol. The fraction of sp³-hybridized carbons (Fsp3) is 0.320. The number of aromatic amines is 1. The molecular weight excluding hydrogens is 482 g/mol. The first-order valence-corrected chi connectivity index (χ1v) is 12.9. The molecule has 2 aromatic heterocycles. The van der Waals surface area contributed by atoms with Gasteiger partial charge < -0.3 is 15.0 Å². The summed E-state index contributed by atoms with van der Waals surface area (Å²) in [6.45, 7) is 1.87. The number of thioether (sulfide) groups is 1. The first-order chi connectivity index (χ1) is 17.0. The van der Waals surface area contributed by atoms with Crippen molar-refractivity contribution in [3.63, 3.8) is 0 Å². The maximum atomic E-state index is 13.2. The third-order valence-corrected chi connectivity index (χ3v) is 8.25. The fourth-order valence-electron chi connectivity index (χ4n) is 4.01. The van der Waals surface area contributed by atoms with Gasteiger partial charge in [0.15, 0.2) is 5.16 Å². The average Bonchev–Trinajstić information content (AvgIpc) is 3.23. The van der Waals surface area contributed by atoms with E-state index in [-0.39, 0.29) is 22.3 Å². The van der Waals surface area contributed by atoms with Crippen molar-refractivity contribution in [2.75, 3.05) is 12.4 Å². The lowest BCUT2D eigenvalue weighted by atomic mass is 9.96. The molecule has 0 saturated carbocycles. The zero-order chi connectivity index (χ0) is 24.9. The zero-order valence-electron chi connectivity index (χ0n) is 19.3. The Morgan fingerprint density at radius 3 is 2.77 bits per heavy atom. The summed E-state index contributed by atoms with van der Waals surface area (Å²) in [5, 5.41) is 22.4. The third-order valence-electron chi connectivity index (χ3n) is 5.79. The molecule has 4 rings (SSSR count). The molecule has 3 aromatic rings. The summed E-state index contributed by atoms with van der Waals surface area (Å²) in [5.74, 6) is 0.308. The topological polar surface area (TPSA) is 132 Å². The lowest BCUT2D eigenvalue weighted by Gasteiger charge is -2.14. The van der Waals surface area contributed by atoms with E-state index in [0.717, 1.165) is 43.0 Å². The molecule has 0 bridgehead atoms. The second-order valence-electron chi connectivity index (χ2n) is 7.97. The first-order valence-electron chi connectivity index (χ1n) is 11.2. The van der Waals surface area contributed by atoms with E-state index in [1.165, 1.54) is 23.3 Å². The number of fused-ring (bicyclic) bond motifs is 1. The highest BCUT2D eigenvalue weighted by Gasteiger charge is 2.26. The van der Waals surface area contributed by atoms with Crippen molar-refractivity contribution in [1.82, 2.24) is 9.97 Å². The van der Waals surface area contributed by atoms with E-state index in [9.17, 15) is 20.1 Å². The summed E-state index contributed by atoms with van der Waals surface area (Å²) in [4.78, 5) is 34.1. The quantitative estimate of drug-likeness (QED) is 0.353. The number of anilines is 1. The van der Waals surface area contributed by atoms with E-state index in [1.54, 1.807) is 24.3 Å². The molecule has 1 aliphatic rings. The number of ether oxygens (including phenoxy) is 1. The molecule has 0 spiro atoms. The monoisotopic (exact) mass is 505 g/mol. The summed E-state index contributed by atoms with van der Waals surface area (Å²) in [6.07, 6.45) is 4.40. The van der Waals surface area contributed by atoms with Gasteiger partial charge in [0.25, 0.3) is 5.56 Å². The van der Waals surface area contributed by atoms with E-state index < -0.39 is 10.8 Å². The number of benzene rings is 1. The van der Waals surface area contributed by atoms with Crippen LogP contribution in [0, 0.1) is 22.7 Å². The molecule has 35 heavy (non-hydrogen) atoms. The van der Waals surface area contributed by atoms with Gasteiger partial charge in [0.2, 0.25) is 5.91 Å². The smallest absolute Gasteiger partial charge is 0.270 e. The maximum Gasteiger partial charge on any atom is 0.270 e. The van der Waals surface area contributed by atoms with Gasteiger partial charge >= 0.3 is 0 Å². The standard InChI is InChI=1S/C25H23N5O3S2/c1-3-19(23(32)29-24-17(12-26)16-9-4-5-10-20(16)34-24)35-25-28-21(18(13-27)22(31)30-25)14-7-6-8-15(11-14)33-2/h6-8,11,19H,3-5,9-10H2,1-2H3,(H,29,32)(H,28,30,31). The number of rotatable bonds is 7. The van der Waals surface area contributed by atoms with Crippen LogP contribution >= 0.6 is 23.1 Å². The lowest BCUT2D eigenvalue weighted by Crippen LogP contribution is -2.25. The summed E-state index contributed by atoms with van der Waals surface area (Å²) >= 11 is 2.59. The Labute approximate surface area is 211 Å². The Hall–Kier alpha value is -3.60. The van der Waals surface area contributed by atoms with Crippen LogP contribution in [0.4, 0.5) is 5.00 Å². The summed E-state index contributed by atoms with van der Waals surface area (Å²) in [7, 11) is 1.53. The average molecular weight is 506 g/mol. The Morgan fingerprint density at radius 2 is 2.06 bits per heavy atom. The number of amides is 1. The van der Waals surface area contributed by atoms with E-state index in [2.05, 4.69) is 21.4 Å². The first kappa shape index (κ1) is 24.5. The van der Waals surface area contributed by atoms with Gasteiger partial charge in [-0.15, -0.1) is 11.3 Å². The van der Waals surface area contributed by atoms with Crippen LogP contribution in [0.1, 0.15) is 47.8 Å². The lowest BCUT2D eigenvalue weighted by molar-refractivity contribution is -0.115. The molecular formula is C25H23N5O3S2. The van der Waals surface area contributed by atoms with Gasteiger partial charge in [0, 0.05) is 10.4 Å². The molecule has 10 heteroatoms. The number of hydrogen-bond acceptors (Lipinski definition) is 8. The largest absolute Gasteiger partial charge is 0.497 e. The van der Waals surface area contributed by atoms with Gasteiger partial charge in [-0.1, -0.05) is 30.8 Å². The van der Waals surface area contributed by atoms with Crippen LogP contribution in [0.5, 0.6) is 5.75 Å². The highest BCUT2D eigenvalue weighted by atomic mass is 32.2. The van der Waals surface area contributed by atoms with Crippen LogP contribution in [0.15, 0.2) is 34.2 Å². The van der Waals surface area contributed by atoms with Crippen molar-refractivity contribution in [1.29, 1.82) is 10.5 Å². The summed E-state index contributed by atoms with van der Waals surface area (Å²) in [6, 6.07) is 11.1. The molecule has 2 heterocycles. The number of carbonyl (C=O) groups excluding carboxylic acids is 1. The number of nitrogens with one attached hydrogen (secondary N) is 2. The molecule has 0 fully saturated rings. The number of nitriles is 2. The van der Waals surface area contributed by atoms with Crippen molar-refractivity contribution in [3.8, 4) is 29.1 Å². The minimum absolute atomic E-state index is 0.108. The molecule has 1 amide bonds. The molecule has 1 aliphatic carbocycles. The van der Waals surface area contributed by atoms with Gasteiger partial charge in [-0.3, -0.25) is 9.59 Å². The number of thiophene rings is 1. The van der Waals surface area contributed by atoms with E-state index in [0.29, 0.717) is 28.3 Å². The van der Waals surface area contributed by atoms with Crippen LogP contribution in [0.2, 0.25) is 0 Å². The van der Waals surface area contributed by atoms with E-state index in [1.807, 2.05) is 13.0 Å². The van der Waals surface area contributed by atoms with Crippen LogP contribution in [-0.4, -0.2) is 28.2 Å². The number of hydrogen-bond donors (Lipinski definition) is 2. The molecule has 1 atom stereocenters. The number of H-pyrrole nitrogens is 1. The number of aromatic nitrogens is 2. The second kappa shape index (κ2) is 10.8. The van der Waals surface area contributed by atoms with E-state index >= 15 is 0 Å². The number of aryl methyl sites for hydroxylation is 1. The molecule has 1 aromatic carbocycles. The van der Waals surface area contributed by atoms with Crippen molar-refractivity contribution in [3.05, 3.63) is 56.2 Å². The highest BCUT2D eigenvalue weighted by Crippen LogP contribution is 2.38. The highest BCUT2D eigenvalue weighted by molar-refractivity contribution is 8.00. The molecule has 1 unspecified atom stereocenters. The molecule has 0 radical (unpaired) electrons. The van der Waals surface area contributed by atoms with Crippen LogP contribution in [0.3, 0.4) is 0 Å². The van der Waals surface area contributed by atoms with E-state index in [4.69, 9.17) is 4.74 Å². The van der Waals surface area contributed by atoms with Gasteiger partial charge in [0.1, 0.15) is 28.5 Å². The maximum absolute atomic E-state index is 13.2. The van der Waals surface area contributed by atoms with Crippen LogP contribution in [0.25, 0.3) is 11.3 Å². The Balaban J connectivity index is 1.61. The normalized spacial score (nSPS) is 13.3. The number of carbonyl (C=O) groups is 1. The minimum atomic E-state index is -0.573. The molecule has 0 aliphatic heterocycles. The fourth-order valence-corrected chi connectivity index (χ4v) is 6.15. The van der Waals surface area contributed by atoms with Gasteiger partial charge in [-0.05, 0) is 49.8 Å². The molecule has 178 valence electrons. The Kier molecular flexibility index (Phi) is 7.54. The number of methoxy groups -OCH3 is 1. The number of nitrogens with zero attached hydrogens (tertiary/aromatic N) is 3. The molecule has 8 nitrogen and oxygen atoms in total. The molecule has 2 N–H and O–H groups in total. The SMILES string of the molecule is CCC(Sc1nc(-c2cccc(OC)c2)c(C#N)c(=O)[nH]1)C(=O)Nc1sc2c(c1C#N)CCCC2. The van der Waals surface area contributed by atoms with Crippen molar-refractivity contribution >= 4 is 34.0 Å². The summed E-state index contributed by atoms with van der Waals surface area (Å²) in [5.41, 5.74) is 1.72. The summed E-state index contributed by atoms with van der Waals surface area (Å²) < 4.78 is 5.25. The van der Waals surface area contributed by atoms with Crippen molar-refractivity contribution in [2.24, 2.45) is 0 Å². The van der Waals surface area contributed by atoms with Crippen molar-refractivity contribution in [2.45, 2.75) is 49.4 Å². The Bertz CT molecular complexity index is 1410. The minimum Gasteiger partial charge on any atom is -0.497 e. The Morgan fingerprint density at radius 1 is 1.29 bits per heavy atom. The van der Waals surface area contributed by atoms with Crippen LogP contribution < -0.4 is 15.6 Å². The second-order valence-corrected chi connectivity index (χ2v) is 10.3. The van der Waals surface area contributed by atoms with Gasteiger partial charge in [-0.2, -0.15) is 10.5 Å². The zero-order valence-corrected chi connectivity index (χ0v) is 20.9. The third kappa shape index (κ3) is 5.09. The molecule has 0 saturated heterocycles. The van der Waals surface area contributed by atoms with Crippen LogP contribution in [-0.2, 0) is 17.6 Å². The van der Waals surface area contributed by atoms with Gasteiger partial charge in [0.05, 0.1) is 23.6 Å².